The van der Waals surface area contributed by atoms with Gasteiger partial charge in [-0.15, -0.1) is 0 Å². The molecule has 1 N–H and O–H groups in total. The van der Waals surface area contributed by atoms with Crippen LogP contribution in [-0.2, 0) is 4.79 Å². The molecule has 0 spiro atoms. The highest BCUT2D eigenvalue weighted by atomic mass is 16.1. The Balaban J connectivity index is 2.35. The molecule has 1 saturated carbocycles. The predicted molar refractivity (Wildman–Crippen MR) is 54.4 cm³/mol. The molecule has 0 aromatic heterocycles. The van der Waals surface area contributed by atoms with Crippen molar-refractivity contribution in [3.05, 3.63) is 0 Å². The summed E-state index contributed by atoms with van der Waals surface area (Å²) in [5.74, 6) is -0.627. The van der Waals surface area contributed by atoms with Gasteiger partial charge in [0.15, 0.2) is 0 Å². The van der Waals surface area contributed by atoms with E-state index in [9.17, 15) is 4.79 Å². The largest absolute Gasteiger partial charge is 0.352 e. The summed E-state index contributed by atoms with van der Waals surface area (Å²) in [5, 5.41) is 11.5. The van der Waals surface area contributed by atoms with Gasteiger partial charge in [-0.2, -0.15) is 5.26 Å². The first-order chi connectivity index (χ1) is 6.74. The molecule has 1 rings (SSSR count). The van der Waals surface area contributed by atoms with E-state index >= 15 is 0 Å². The van der Waals surface area contributed by atoms with Crippen LogP contribution in [0.2, 0.25) is 0 Å². The van der Waals surface area contributed by atoms with Crippen LogP contribution in [0.4, 0.5) is 0 Å². The minimum atomic E-state index is -0.516. The van der Waals surface area contributed by atoms with Gasteiger partial charge in [-0.05, 0) is 19.8 Å². The average Bonchev–Trinajstić information content (AvgIpc) is 2.45. The molecular formula is C11H18N2O. The Hall–Kier alpha value is -1.04. The lowest BCUT2D eigenvalue weighted by atomic mass is 10.1. The van der Waals surface area contributed by atoms with Crippen LogP contribution in [0.15, 0.2) is 0 Å². The van der Waals surface area contributed by atoms with Crippen molar-refractivity contribution in [2.45, 2.75) is 51.5 Å². The fourth-order valence-electron chi connectivity index (χ4n) is 1.81. The molecule has 1 fully saturated rings. The molecule has 1 atom stereocenters. The zero-order chi connectivity index (χ0) is 10.4. The minimum absolute atomic E-state index is 0.112. The van der Waals surface area contributed by atoms with Gasteiger partial charge in [-0.25, -0.2) is 0 Å². The Morgan fingerprint density at radius 3 is 2.43 bits per heavy atom. The number of nitrogens with one attached hydrogen (secondary N) is 1. The van der Waals surface area contributed by atoms with E-state index in [1.807, 2.05) is 6.07 Å². The molecule has 1 aliphatic rings. The molecular weight excluding hydrogens is 176 g/mol. The summed E-state index contributed by atoms with van der Waals surface area (Å²) in [7, 11) is 0. The van der Waals surface area contributed by atoms with E-state index < -0.39 is 5.92 Å². The smallest absolute Gasteiger partial charge is 0.237 e. The summed E-state index contributed by atoms with van der Waals surface area (Å²) >= 11 is 0. The number of hydrogen-bond acceptors (Lipinski definition) is 2. The van der Waals surface area contributed by atoms with Gasteiger partial charge in [0.05, 0.1) is 6.07 Å². The lowest BCUT2D eigenvalue weighted by Crippen LogP contribution is -2.37. The lowest BCUT2D eigenvalue weighted by molar-refractivity contribution is -0.123. The zero-order valence-corrected chi connectivity index (χ0v) is 8.75. The number of hydrogen-bond donors (Lipinski definition) is 1. The Kier molecular flexibility index (Phi) is 4.45. The number of nitrogens with zero attached hydrogens (tertiary/aromatic N) is 1. The number of amides is 1. The second-order valence-corrected chi connectivity index (χ2v) is 4.05. The van der Waals surface area contributed by atoms with Gasteiger partial charge in [0.25, 0.3) is 0 Å². The maximum atomic E-state index is 11.4. The van der Waals surface area contributed by atoms with Crippen LogP contribution in [0.1, 0.15) is 45.4 Å². The van der Waals surface area contributed by atoms with Crippen LogP contribution < -0.4 is 5.32 Å². The maximum Gasteiger partial charge on any atom is 0.237 e. The number of carbonyl (C=O) groups excluding carboxylic acids is 1. The van der Waals surface area contributed by atoms with Gasteiger partial charge in [0, 0.05) is 6.04 Å². The molecule has 0 radical (unpaired) electrons. The molecule has 78 valence electrons. The monoisotopic (exact) mass is 194 g/mol. The molecule has 0 aliphatic heterocycles. The van der Waals surface area contributed by atoms with Gasteiger partial charge in [-0.3, -0.25) is 4.79 Å². The zero-order valence-electron chi connectivity index (χ0n) is 8.75. The van der Waals surface area contributed by atoms with E-state index in [4.69, 9.17) is 5.26 Å². The van der Waals surface area contributed by atoms with Crippen LogP contribution in [0.5, 0.6) is 0 Å². The molecule has 0 bridgehead atoms. The van der Waals surface area contributed by atoms with Crippen molar-refractivity contribution in [3.63, 3.8) is 0 Å². The second-order valence-electron chi connectivity index (χ2n) is 4.05. The van der Waals surface area contributed by atoms with Crippen LogP contribution in [0.25, 0.3) is 0 Å². The van der Waals surface area contributed by atoms with Gasteiger partial charge < -0.3 is 5.32 Å². The fourth-order valence-corrected chi connectivity index (χ4v) is 1.81. The standard InChI is InChI=1S/C11H18N2O/c1-9(8-12)11(14)13-10-6-4-2-3-5-7-10/h9-10H,2-7H2,1H3,(H,13,14). The first-order valence-electron chi connectivity index (χ1n) is 5.44. The average molecular weight is 194 g/mol. The number of rotatable bonds is 2. The normalized spacial score (nSPS) is 20.6. The summed E-state index contributed by atoms with van der Waals surface area (Å²) in [4.78, 5) is 11.4. The number of nitriles is 1. The van der Waals surface area contributed by atoms with Crippen molar-refractivity contribution in [2.24, 2.45) is 5.92 Å². The van der Waals surface area contributed by atoms with Gasteiger partial charge in [0.2, 0.25) is 5.91 Å². The fraction of sp³-hybridized carbons (Fsp3) is 0.818. The van der Waals surface area contributed by atoms with Crippen LogP contribution in [-0.4, -0.2) is 11.9 Å². The first-order valence-corrected chi connectivity index (χ1v) is 5.44. The minimum Gasteiger partial charge on any atom is -0.352 e. The molecule has 1 unspecified atom stereocenters. The third-order valence-corrected chi connectivity index (χ3v) is 2.79. The Labute approximate surface area is 85.5 Å². The van der Waals surface area contributed by atoms with Crippen molar-refractivity contribution in [1.29, 1.82) is 5.26 Å². The van der Waals surface area contributed by atoms with Gasteiger partial charge in [-0.1, -0.05) is 25.7 Å². The van der Waals surface area contributed by atoms with E-state index in [0.29, 0.717) is 6.04 Å². The topological polar surface area (TPSA) is 52.9 Å². The van der Waals surface area contributed by atoms with Crippen molar-refractivity contribution >= 4 is 5.91 Å². The van der Waals surface area contributed by atoms with Gasteiger partial charge >= 0.3 is 0 Å². The van der Waals surface area contributed by atoms with Crippen LogP contribution >= 0.6 is 0 Å². The summed E-state index contributed by atoms with van der Waals surface area (Å²) in [6.45, 7) is 1.64. The van der Waals surface area contributed by atoms with E-state index in [-0.39, 0.29) is 5.91 Å². The van der Waals surface area contributed by atoms with Crippen molar-refractivity contribution in [2.75, 3.05) is 0 Å². The highest BCUT2D eigenvalue weighted by Gasteiger charge is 2.18. The van der Waals surface area contributed by atoms with Crippen LogP contribution in [0, 0.1) is 17.2 Å². The van der Waals surface area contributed by atoms with E-state index in [0.717, 1.165) is 12.8 Å². The molecule has 1 aliphatic carbocycles. The lowest BCUT2D eigenvalue weighted by Gasteiger charge is -2.16. The molecule has 0 aromatic rings. The number of carbonyl (C=O) groups is 1. The summed E-state index contributed by atoms with van der Waals surface area (Å²) < 4.78 is 0. The third-order valence-electron chi connectivity index (χ3n) is 2.79. The van der Waals surface area contributed by atoms with Crippen molar-refractivity contribution < 1.29 is 4.79 Å². The Morgan fingerprint density at radius 2 is 1.93 bits per heavy atom. The quantitative estimate of drug-likeness (QED) is 0.683. The summed E-state index contributed by atoms with van der Waals surface area (Å²) in [6.07, 6.45) is 7.10. The molecule has 3 nitrogen and oxygen atoms in total. The van der Waals surface area contributed by atoms with E-state index in [1.54, 1.807) is 6.92 Å². The summed E-state index contributed by atoms with van der Waals surface area (Å²) in [5.41, 5.74) is 0. The maximum absolute atomic E-state index is 11.4. The Morgan fingerprint density at radius 1 is 1.36 bits per heavy atom. The van der Waals surface area contributed by atoms with Crippen LogP contribution in [0.3, 0.4) is 0 Å². The summed E-state index contributed by atoms with van der Waals surface area (Å²) in [6, 6.07) is 2.26. The van der Waals surface area contributed by atoms with Crippen molar-refractivity contribution in [3.8, 4) is 6.07 Å². The molecule has 0 aromatic carbocycles. The van der Waals surface area contributed by atoms with Crippen molar-refractivity contribution in [1.82, 2.24) is 5.32 Å². The molecule has 0 heterocycles. The predicted octanol–water partition coefficient (Wildman–Crippen LogP) is 1.99. The van der Waals surface area contributed by atoms with E-state index in [1.165, 1.54) is 25.7 Å². The second kappa shape index (κ2) is 5.64. The molecule has 1 amide bonds. The van der Waals surface area contributed by atoms with E-state index in [2.05, 4.69) is 5.32 Å². The SMILES string of the molecule is CC(C#N)C(=O)NC1CCCCCC1. The highest BCUT2D eigenvalue weighted by Crippen LogP contribution is 2.17. The third kappa shape index (κ3) is 3.37. The Bertz CT molecular complexity index is 224. The molecule has 14 heavy (non-hydrogen) atoms. The molecule has 3 heteroatoms. The van der Waals surface area contributed by atoms with Gasteiger partial charge in [0.1, 0.15) is 5.92 Å². The first kappa shape index (κ1) is 11.0. The highest BCUT2D eigenvalue weighted by molar-refractivity contribution is 5.80. The molecule has 0 saturated heterocycles.